The molecule has 9 nitrogen and oxygen atoms in total. The number of likely N-dealkylation sites (tertiary alicyclic amines) is 1. The van der Waals surface area contributed by atoms with Crippen LogP contribution in [0, 0.1) is 11.8 Å². The highest BCUT2D eigenvalue weighted by atomic mass is 19.3. The first-order valence-corrected chi connectivity index (χ1v) is 10.1. The second-order valence-electron chi connectivity index (χ2n) is 8.30. The van der Waals surface area contributed by atoms with E-state index in [1.54, 1.807) is 7.05 Å². The first kappa shape index (κ1) is 22.6. The number of carbonyl (C=O) groups is 2. The largest absolute Gasteiger partial charge is 0.476 e. The van der Waals surface area contributed by atoms with Crippen molar-refractivity contribution < 1.29 is 28.2 Å². The first-order chi connectivity index (χ1) is 14.1. The Morgan fingerprint density at radius 1 is 1.37 bits per heavy atom. The van der Waals surface area contributed by atoms with E-state index < -0.39 is 30.8 Å². The minimum absolute atomic E-state index is 0.0353. The number of alkyl halides is 2. The van der Waals surface area contributed by atoms with Crippen LogP contribution < -0.4 is 16.4 Å². The Labute approximate surface area is 173 Å². The average Bonchev–Trinajstić information content (AvgIpc) is 3.60. The maximum absolute atomic E-state index is 13.1. The molecule has 30 heavy (non-hydrogen) atoms. The van der Waals surface area contributed by atoms with E-state index in [4.69, 9.17) is 15.6 Å². The van der Waals surface area contributed by atoms with Gasteiger partial charge in [0.15, 0.2) is 5.70 Å². The number of hydrogen-bond acceptors (Lipinski definition) is 7. The fraction of sp³-hybridized carbons (Fsp3) is 0.737. The second-order valence-corrected chi connectivity index (χ2v) is 8.30. The molecule has 2 saturated carbocycles. The SMILES string of the molecule is CNC(=O)[C@@H](N)CC1CC1.O=C(O)C1=CNC(OCC2CC2)(N2CC(F)(F)C2)C=N1. The number of aliphatic carboxylic acids is 1. The molecule has 168 valence electrons. The van der Waals surface area contributed by atoms with Gasteiger partial charge in [0.2, 0.25) is 11.8 Å². The number of nitrogens with two attached hydrogens (primary N) is 1. The molecule has 0 aromatic carbocycles. The smallest absolute Gasteiger partial charge is 0.355 e. The molecule has 1 amide bonds. The standard InChI is InChI=1S/C12H15F2N3O3.C7H14N2O/c13-11(14)6-17(7-11)12(20-4-8-1-2-8)5-15-9(3-16-12)10(18)19;1-9-7(10)6(8)4-5-2-3-5/h3,5,8,16H,1-2,4,6-7H2,(H,18,19);5-6H,2-4,8H2,1H3,(H,9,10)/t;6-/m.0/s1. The van der Waals surface area contributed by atoms with Crippen LogP contribution in [0.2, 0.25) is 0 Å². The molecule has 5 N–H and O–H groups in total. The topological polar surface area (TPSA) is 129 Å². The molecule has 0 bridgehead atoms. The van der Waals surface area contributed by atoms with Gasteiger partial charge in [-0.1, -0.05) is 12.8 Å². The van der Waals surface area contributed by atoms with Gasteiger partial charge in [-0.3, -0.25) is 4.79 Å². The molecule has 3 fully saturated rings. The number of likely N-dealkylation sites (N-methyl/N-ethyl adjacent to an activating group) is 1. The minimum atomic E-state index is -2.73. The third-order valence-corrected chi connectivity index (χ3v) is 5.43. The Morgan fingerprint density at radius 3 is 2.43 bits per heavy atom. The highest BCUT2D eigenvalue weighted by molar-refractivity contribution is 5.90. The van der Waals surface area contributed by atoms with E-state index in [1.165, 1.54) is 30.2 Å². The fourth-order valence-electron chi connectivity index (χ4n) is 3.15. The van der Waals surface area contributed by atoms with Crippen LogP contribution in [0.3, 0.4) is 0 Å². The van der Waals surface area contributed by atoms with Crippen LogP contribution in [0.1, 0.15) is 32.1 Å². The summed E-state index contributed by atoms with van der Waals surface area (Å²) in [6.07, 6.45) is 7.95. The molecule has 2 atom stereocenters. The van der Waals surface area contributed by atoms with Crippen molar-refractivity contribution in [1.82, 2.24) is 15.5 Å². The molecule has 4 aliphatic rings. The van der Waals surface area contributed by atoms with Gasteiger partial charge in [-0.2, -0.15) is 0 Å². The summed E-state index contributed by atoms with van der Waals surface area (Å²) < 4.78 is 31.8. The summed E-state index contributed by atoms with van der Waals surface area (Å²) in [6, 6.07) is -0.280. The van der Waals surface area contributed by atoms with Gasteiger partial charge in [-0.15, -0.1) is 0 Å². The number of halogens is 2. The molecular formula is C19H29F2N5O4. The zero-order chi connectivity index (χ0) is 21.9. The number of hydrogen-bond donors (Lipinski definition) is 4. The number of nitrogens with one attached hydrogen (secondary N) is 2. The van der Waals surface area contributed by atoms with Gasteiger partial charge in [0.1, 0.15) is 0 Å². The van der Waals surface area contributed by atoms with Crippen LogP contribution in [0.25, 0.3) is 0 Å². The van der Waals surface area contributed by atoms with Crippen molar-refractivity contribution in [2.45, 2.75) is 49.9 Å². The van der Waals surface area contributed by atoms with Gasteiger partial charge in [0, 0.05) is 13.2 Å². The highest BCUT2D eigenvalue weighted by Crippen LogP contribution is 2.36. The third-order valence-electron chi connectivity index (χ3n) is 5.43. The molecule has 2 aliphatic heterocycles. The Kier molecular flexibility index (Phi) is 6.73. The average molecular weight is 429 g/mol. The maximum Gasteiger partial charge on any atom is 0.355 e. The van der Waals surface area contributed by atoms with E-state index in [2.05, 4.69) is 15.6 Å². The molecule has 2 aliphatic carbocycles. The Morgan fingerprint density at radius 2 is 2.00 bits per heavy atom. The zero-order valence-corrected chi connectivity index (χ0v) is 16.9. The van der Waals surface area contributed by atoms with Crippen LogP contribution in [-0.4, -0.2) is 72.7 Å². The van der Waals surface area contributed by atoms with E-state index in [0.29, 0.717) is 12.5 Å². The van der Waals surface area contributed by atoms with Gasteiger partial charge >= 0.3 is 5.97 Å². The Bertz CT molecular complexity index is 716. The van der Waals surface area contributed by atoms with E-state index in [0.717, 1.165) is 25.2 Å². The summed E-state index contributed by atoms with van der Waals surface area (Å²) in [5.74, 6) is -4.03. The predicted octanol–water partition coefficient (Wildman–Crippen LogP) is 0.478. The van der Waals surface area contributed by atoms with Gasteiger partial charge in [-0.05, 0) is 31.1 Å². The van der Waals surface area contributed by atoms with Crippen molar-refractivity contribution in [3.05, 3.63) is 11.9 Å². The number of carboxylic acids is 1. The van der Waals surface area contributed by atoms with E-state index in [-0.39, 0.29) is 17.6 Å². The normalized spacial score (nSPS) is 28.2. The lowest BCUT2D eigenvalue weighted by molar-refractivity contribution is -0.229. The van der Waals surface area contributed by atoms with Crippen LogP contribution in [0.15, 0.2) is 16.9 Å². The number of rotatable bonds is 8. The van der Waals surface area contributed by atoms with Crippen molar-refractivity contribution >= 4 is 18.1 Å². The van der Waals surface area contributed by atoms with Crippen molar-refractivity contribution in [1.29, 1.82) is 0 Å². The molecule has 0 radical (unpaired) electrons. The summed E-state index contributed by atoms with van der Waals surface area (Å²) in [4.78, 5) is 26.8. The van der Waals surface area contributed by atoms with Gasteiger partial charge in [0.05, 0.1) is 32.0 Å². The van der Waals surface area contributed by atoms with E-state index >= 15 is 0 Å². The van der Waals surface area contributed by atoms with Gasteiger partial charge < -0.3 is 26.2 Å². The molecule has 0 aromatic heterocycles. The van der Waals surface area contributed by atoms with Crippen molar-refractivity contribution in [2.24, 2.45) is 22.6 Å². The third kappa shape index (κ3) is 5.96. The maximum atomic E-state index is 13.1. The second kappa shape index (κ2) is 8.94. The Balaban J connectivity index is 0.000000216. The van der Waals surface area contributed by atoms with Crippen molar-refractivity contribution in [3.8, 4) is 0 Å². The molecule has 1 unspecified atom stereocenters. The van der Waals surface area contributed by atoms with Crippen LogP contribution in [0.4, 0.5) is 8.78 Å². The molecule has 1 saturated heterocycles. The van der Waals surface area contributed by atoms with Crippen LogP contribution in [-0.2, 0) is 14.3 Å². The number of carboxylic acid groups (broad SMARTS) is 1. The van der Waals surface area contributed by atoms with Gasteiger partial charge in [0.25, 0.3) is 5.92 Å². The molecule has 4 rings (SSSR count). The first-order valence-electron chi connectivity index (χ1n) is 10.1. The van der Waals surface area contributed by atoms with Gasteiger partial charge in [-0.25, -0.2) is 23.5 Å². The van der Waals surface area contributed by atoms with Crippen LogP contribution in [0.5, 0.6) is 0 Å². The summed E-state index contributed by atoms with van der Waals surface area (Å²) >= 11 is 0. The summed E-state index contributed by atoms with van der Waals surface area (Å²) in [5, 5.41) is 14.1. The quantitative estimate of drug-likeness (QED) is 0.442. The minimum Gasteiger partial charge on any atom is -0.476 e. The molecule has 2 heterocycles. The molecule has 0 aromatic rings. The fourth-order valence-corrected chi connectivity index (χ4v) is 3.15. The number of aliphatic imine (C=N–C) groups is 1. The lowest BCUT2D eigenvalue weighted by Gasteiger charge is -2.49. The van der Waals surface area contributed by atoms with E-state index in [1.807, 2.05) is 0 Å². The molecular weight excluding hydrogens is 400 g/mol. The summed E-state index contributed by atoms with van der Waals surface area (Å²) in [6.45, 7) is -0.433. The summed E-state index contributed by atoms with van der Waals surface area (Å²) in [7, 11) is 1.62. The number of amides is 1. The molecule has 0 spiro atoms. The molecule has 11 heteroatoms. The zero-order valence-electron chi connectivity index (χ0n) is 16.9. The Hall–Kier alpha value is -2.11. The highest BCUT2D eigenvalue weighted by Gasteiger charge is 2.54. The monoisotopic (exact) mass is 429 g/mol. The number of carbonyl (C=O) groups excluding carboxylic acids is 1. The number of nitrogens with zero attached hydrogens (tertiary/aromatic N) is 2. The number of ether oxygens (including phenoxy) is 1. The summed E-state index contributed by atoms with van der Waals surface area (Å²) in [5.41, 5.74) is 5.38. The lowest BCUT2D eigenvalue weighted by atomic mass is 10.1. The van der Waals surface area contributed by atoms with Crippen LogP contribution >= 0.6 is 0 Å². The lowest BCUT2D eigenvalue weighted by Crippen LogP contribution is -2.72. The van der Waals surface area contributed by atoms with Crippen molar-refractivity contribution in [3.63, 3.8) is 0 Å². The van der Waals surface area contributed by atoms with E-state index in [9.17, 15) is 18.4 Å². The van der Waals surface area contributed by atoms with Crippen molar-refractivity contribution in [2.75, 3.05) is 26.7 Å². The predicted molar refractivity (Wildman–Crippen MR) is 105 cm³/mol.